The summed E-state index contributed by atoms with van der Waals surface area (Å²) in [5.41, 5.74) is 9.44. The zero-order valence-corrected chi connectivity index (χ0v) is 17.0. The molecule has 0 saturated carbocycles. The van der Waals surface area contributed by atoms with Crippen molar-refractivity contribution in [2.75, 3.05) is 19.6 Å². The fourth-order valence-electron chi connectivity index (χ4n) is 4.24. The Kier molecular flexibility index (Phi) is 6.81. The second-order valence-corrected chi connectivity index (χ2v) is 7.96. The van der Waals surface area contributed by atoms with Crippen molar-refractivity contribution in [3.63, 3.8) is 0 Å². The fraction of sp³-hybridized carbons (Fsp3) is 0.478. The number of nitrogens with zero attached hydrogens (tertiary/aromatic N) is 1. The zero-order valence-electron chi connectivity index (χ0n) is 17.0. The molecule has 1 aromatic carbocycles. The number of amides is 1. The normalized spacial score (nSPS) is 17.2. The van der Waals surface area contributed by atoms with Gasteiger partial charge in [-0.05, 0) is 93.0 Å². The quantitative estimate of drug-likeness (QED) is 0.658. The first-order chi connectivity index (χ1) is 13.5. The number of hydrogen-bond acceptors (Lipinski definition) is 4. The molecule has 1 aromatic heterocycles. The van der Waals surface area contributed by atoms with E-state index < -0.39 is 5.54 Å². The molecule has 2 aromatic rings. The largest absolute Gasteiger partial charge is 0.368 e. The molecule has 0 radical (unpaired) electrons. The van der Waals surface area contributed by atoms with Crippen molar-refractivity contribution >= 4 is 5.91 Å². The minimum Gasteiger partial charge on any atom is -0.368 e. The maximum absolute atomic E-state index is 12.9. The Morgan fingerprint density at radius 3 is 2.61 bits per heavy atom. The van der Waals surface area contributed by atoms with E-state index in [0.717, 1.165) is 48.3 Å². The molecule has 1 aliphatic rings. The van der Waals surface area contributed by atoms with Gasteiger partial charge in [-0.2, -0.15) is 0 Å². The van der Waals surface area contributed by atoms with Crippen LogP contribution in [-0.2, 0) is 16.8 Å². The number of hydrogen-bond donors (Lipinski definition) is 3. The summed E-state index contributed by atoms with van der Waals surface area (Å²) in [7, 11) is 0. The molecule has 4 N–H and O–H groups in total. The van der Waals surface area contributed by atoms with E-state index in [9.17, 15) is 4.79 Å². The van der Waals surface area contributed by atoms with Crippen LogP contribution in [0.1, 0.15) is 41.5 Å². The van der Waals surface area contributed by atoms with Gasteiger partial charge in [-0.25, -0.2) is 0 Å². The average molecular weight is 381 g/mol. The lowest BCUT2D eigenvalue weighted by Gasteiger charge is -2.35. The Morgan fingerprint density at radius 2 is 1.93 bits per heavy atom. The average Bonchev–Trinajstić information content (AvgIpc) is 2.71. The van der Waals surface area contributed by atoms with Gasteiger partial charge in [-0.3, -0.25) is 15.1 Å². The van der Waals surface area contributed by atoms with E-state index in [1.165, 1.54) is 12.8 Å². The van der Waals surface area contributed by atoms with E-state index in [4.69, 9.17) is 5.73 Å². The van der Waals surface area contributed by atoms with Crippen LogP contribution in [0.2, 0.25) is 0 Å². The number of nitrogens with one attached hydrogen (secondary N) is 2. The molecule has 0 aliphatic carbocycles. The Balaban J connectivity index is 1.90. The first-order valence-corrected chi connectivity index (χ1v) is 10.2. The molecule has 2 heterocycles. The van der Waals surface area contributed by atoms with Gasteiger partial charge in [0.2, 0.25) is 5.91 Å². The van der Waals surface area contributed by atoms with Crippen LogP contribution < -0.4 is 16.4 Å². The maximum Gasteiger partial charge on any atom is 0.242 e. The number of carbonyl (C=O) groups is 1. The van der Waals surface area contributed by atoms with E-state index >= 15 is 0 Å². The lowest BCUT2D eigenvalue weighted by Crippen LogP contribution is -2.55. The van der Waals surface area contributed by atoms with Crippen molar-refractivity contribution in [3.05, 3.63) is 65.0 Å². The number of benzene rings is 1. The van der Waals surface area contributed by atoms with Crippen LogP contribution in [0.15, 0.2) is 42.7 Å². The number of rotatable bonds is 8. The monoisotopic (exact) mass is 380 g/mol. The third-order valence-corrected chi connectivity index (χ3v) is 6.14. The van der Waals surface area contributed by atoms with Crippen molar-refractivity contribution in [1.82, 2.24) is 15.6 Å². The number of aryl methyl sites for hydroxylation is 1. The molecule has 1 saturated heterocycles. The number of carbonyl (C=O) groups excluding carboxylic acids is 1. The van der Waals surface area contributed by atoms with Crippen LogP contribution in [0.5, 0.6) is 0 Å². The van der Waals surface area contributed by atoms with E-state index in [1.807, 2.05) is 24.3 Å². The minimum absolute atomic E-state index is 0.330. The summed E-state index contributed by atoms with van der Waals surface area (Å²) < 4.78 is 0. The van der Waals surface area contributed by atoms with Crippen LogP contribution in [-0.4, -0.2) is 30.5 Å². The van der Waals surface area contributed by atoms with Crippen molar-refractivity contribution in [2.45, 2.75) is 45.1 Å². The van der Waals surface area contributed by atoms with Crippen LogP contribution in [0.25, 0.3) is 0 Å². The molecular formula is C23H32N4O. The number of piperidine rings is 1. The van der Waals surface area contributed by atoms with Crippen molar-refractivity contribution < 1.29 is 4.79 Å². The smallest absolute Gasteiger partial charge is 0.242 e. The SMILES string of the molecule is Cc1cccc(C(Cc2ccncc2)(NCCC2CCNCC2)C(N)=O)c1C. The summed E-state index contributed by atoms with van der Waals surface area (Å²) in [6.45, 7) is 7.08. The van der Waals surface area contributed by atoms with Crippen LogP contribution in [0.4, 0.5) is 0 Å². The molecule has 28 heavy (non-hydrogen) atoms. The van der Waals surface area contributed by atoms with Gasteiger partial charge in [0.1, 0.15) is 5.54 Å². The zero-order chi connectivity index (χ0) is 20.0. The Labute approximate surface area is 168 Å². The fourth-order valence-corrected chi connectivity index (χ4v) is 4.24. The Hall–Kier alpha value is -2.24. The van der Waals surface area contributed by atoms with Gasteiger partial charge >= 0.3 is 0 Å². The van der Waals surface area contributed by atoms with Gasteiger partial charge in [0, 0.05) is 18.8 Å². The number of nitrogens with two attached hydrogens (primary N) is 1. The van der Waals surface area contributed by atoms with Crippen LogP contribution in [0.3, 0.4) is 0 Å². The summed E-state index contributed by atoms with van der Waals surface area (Å²) in [5.74, 6) is 0.363. The summed E-state index contributed by atoms with van der Waals surface area (Å²) in [5, 5.41) is 7.01. The summed E-state index contributed by atoms with van der Waals surface area (Å²) >= 11 is 0. The first-order valence-electron chi connectivity index (χ1n) is 10.2. The first kappa shape index (κ1) is 20.5. The van der Waals surface area contributed by atoms with Crippen LogP contribution >= 0.6 is 0 Å². The van der Waals surface area contributed by atoms with E-state index in [0.29, 0.717) is 12.3 Å². The van der Waals surface area contributed by atoms with Crippen molar-refractivity contribution in [3.8, 4) is 0 Å². The van der Waals surface area contributed by atoms with Gasteiger partial charge in [-0.1, -0.05) is 18.2 Å². The highest BCUT2D eigenvalue weighted by Crippen LogP contribution is 2.30. The lowest BCUT2D eigenvalue weighted by atomic mass is 9.79. The van der Waals surface area contributed by atoms with Gasteiger partial charge in [0.05, 0.1) is 0 Å². The highest BCUT2D eigenvalue weighted by molar-refractivity contribution is 5.87. The summed E-state index contributed by atoms with van der Waals surface area (Å²) in [6.07, 6.45) is 7.48. The van der Waals surface area contributed by atoms with Crippen molar-refractivity contribution in [2.24, 2.45) is 11.7 Å². The highest BCUT2D eigenvalue weighted by Gasteiger charge is 2.39. The van der Waals surface area contributed by atoms with E-state index in [2.05, 4.69) is 35.5 Å². The van der Waals surface area contributed by atoms with Crippen LogP contribution in [0, 0.1) is 19.8 Å². The molecule has 5 nitrogen and oxygen atoms in total. The second kappa shape index (κ2) is 9.30. The van der Waals surface area contributed by atoms with Gasteiger partial charge in [-0.15, -0.1) is 0 Å². The molecule has 0 spiro atoms. The topological polar surface area (TPSA) is 80.0 Å². The molecule has 1 atom stereocenters. The highest BCUT2D eigenvalue weighted by atomic mass is 16.1. The Bertz CT molecular complexity index is 786. The predicted octanol–water partition coefficient (Wildman–Crippen LogP) is 2.60. The third-order valence-electron chi connectivity index (χ3n) is 6.14. The number of aromatic nitrogens is 1. The number of pyridine rings is 1. The molecule has 5 heteroatoms. The molecule has 3 rings (SSSR count). The summed E-state index contributed by atoms with van der Waals surface area (Å²) in [4.78, 5) is 17.0. The lowest BCUT2D eigenvalue weighted by molar-refractivity contribution is -0.124. The van der Waals surface area contributed by atoms with E-state index in [1.54, 1.807) is 12.4 Å². The number of primary amides is 1. The van der Waals surface area contributed by atoms with E-state index in [-0.39, 0.29) is 5.91 Å². The summed E-state index contributed by atoms with van der Waals surface area (Å²) in [6, 6.07) is 10.0. The molecule has 0 bridgehead atoms. The van der Waals surface area contributed by atoms with Crippen molar-refractivity contribution in [1.29, 1.82) is 0 Å². The molecule has 150 valence electrons. The minimum atomic E-state index is -0.926. The standard InChI is InChI=1S/C23H32N4O/c1-17-4-3-5-21(18(17)2)23(22(24)28,16-20-8-13-26-14-9-20)27-15-10-19-6-11-25-12-7-19/h3-5,8-9,13-14,19,25,27H,6-7,10-12,15-16H2,1-2H3,(H2,24,28). The van der Waals surface area contributed by atoms with Gasteiger partial charge in [0.15, 0.2) is 0 Å². The molecule has 1 amide bonds. The predicted molar refractivity (Wildman–Crippen MR) is 113 cm³/mol. The maximum atomic E-state index is 12.9. The van der Waals surface area contributed by atoms with Gasteiger partial charge in [0.25, 0.3) is 0 Å². The molecule has 1 unspecified atom stereocenters. The van der Waals surface area contributed by atoms with Gasteiger partial charge < -0.3 is 11.1 Å². The third kappa shape index (κ3) is 4.59. The molecule has 1 aliphatic heterocycles. The molecular weight excluding hydrogens is 348 g/mol. The molecule has 1 fully saturated rings. The Morgan fingerprint density at radius 1 is 1.21 bits per heavy atom. The second-order valence-electron chi connectivity index (χ2n) is 7.96.